The Morgan fingerprint density at radius 1 is 1.45 bits per heavy atom. The molecule has 0 fully saturated rings. The van der Waals surface area contributed by atoms with Gasteiger partial charge in [0.1, 0.15) is 5.00 Å². The second kappa shape index (κ2) is 2.81. The molecule has 0 aromatic carbocycles. The average molecular weight is 170 g/mol. The molecule has 0 amide bonds. The highest BCUT2D eigenvalue weighted by molar-refractivity contribution is 7.15. The Hall–Kier alpha value is -0.570. The number of thiazole rings is 1. The van der Waals surface area contributed by atoms with Gasteiger partial charge in [-0.05, 0) is 0 Å². The van der Waals surface area contributed by atoms with E-state index in [0.717, 1.165) is 5.00 Å². The lowest BCUT2D eigenvalue weighted by Crippen LogP contribution is -2.09. The number of nitrogens with zero attached hydrogens (tertiary/aromatic N) is 1. The number of hydrogen-bond donors (Lipinski definition) is 1. The molecule has 1 aromatic rings. The van der Waals surface area contributed by atoms with Crippen molar-refractivity contribution in [2.24, 2.45) is 0 Å². The topological polar surface area (TPSA) is 24.9 Å². The quantitative estimate of drug-likeness (QED) is 0.700. The number of anilines is 1. The summed E-state index contributed by atoms with van der Waals surface area (Å²) in [7, 11) is 1.92. The zero-order valence-electron chi connectivity index (χ0n) is 7.43. The zero-order chi connectivity index (χ0) is 8.48. The maximum absolute atomic E-state index is 4.31. The standard InChI is InChI=1S/C8H14N2S/c1-8(2,3)7-10-5-6(9-4)11-7/h5,9H,1-4H3. The van der Waals surface area contributed by atoms with E-state index in [0.29, 0.717) is 0 Å². The van der Waals surface area contributed by atoms with Crippen molar-refractivity contribution < 1.29 is 0 Å². The van der Waals surface area contributed by atoms with Gasteiger partial charge >= 0.3 is 0 Å². The van der Waals surface area contributed by atoms with Gasteiger partial charge in [0.2, 0.25) is 0 Å². The van der Waals surface area contributed by atoms with Crippen LogP contribution in [0.2, 0.25) is 0 Å². The molecule has 0 saturated carbocycles. The van der Waals surface area contributed by atoms with Crippen LogP contribution in [0, 0.1) is 0 Å². The lowest BCUT2D eigenvalue weighted by Gasteiger charge is -2.13. The van der Waals surface area contributed by atoms with E-state index in [2.05, 4.69) is 31.1 Å². The van der Waals surface area contributed by atoms with E-state index >= 15 is 0 Å². The molecule has 1 aromatic heterocycles. The molecule has 2 nitrogen and oxygen atoms in total. The van der Waals surface area contributed by atoms with E-state index in [1.54, 1.807) is 11.3 Å². The molecule has 0 radical (unpaired) electrons. The second-order valence-corrected chi connectivity index (χ2v) is 4.56. The van der Waals surface area contributed by atoms with Crippen molar-refractivity contribution in [3.8, 4) is 0 Å². The van der Waals surface area contributed by atoms with E-state index in [4.69, 9.17) is 0 Å². The molecule has 0 aliphatic heterocycles. The lowest BCUT2D eigenvalue weighted by atomic mass is 9.98. The number of rotatable bonds is 1. The minimum Gasteiger partial charge on any atom is -0.379 e. The van der Waals surface area contributed by atoms with Crippen LogP contribution in [-0.4, -0.2) is 12.0 Å². The summed E-state index contributed by atoms with van der Waals surface area (Å²) in [6.07, 6.45) is 1.88. The molecule has 62 valence electrons. The molecular formula is C8H14N2S. The van der Waals surface area contributed by atoms with Crippen molar-refractivity contribution in [2.75, 3.05) is 12.4 Å². The fraction of sp³-hybridized carbons (Fsp3) is 0.625. The first-order valence-corrected chi connectivity index (χ1v) is 4.50. The van der Waals surface area contributed by atoms with Gasteiger partial charge in [-0.3, -0.25) is 0 Å². The maximum atomic E-state index is 4.31. The molecule has 0 bridgehead atoms. The molecule has 0 atom stereocenters. The van der Waals surface area contributed by atoms with E-state index in [-0.39, 0.29) is 5.41 Å². The molecule has 0 aliphatic carbocycles. The van der Waals surface area contributed by atoms with Crippen LogP contribution in [0.4, 0.5) is 5.00 Å². The van der Waals surface area contributed by atoms with E-state index in [1.165, 1.54) is 5.01 Å². The molecule has 1 rings (SSSR count). The van der Waals surface area contributed by atoms with Gasteiger partial charge in [0.25, 0.3) is 0 Å². The van der Waals surface area contributed by atoms with Crippen molar-refractivity contribution >= 4 is 16.3 Å². The van der Waals surface area contributed by atoms with Gasteiger partial charge in [-0.25, -0.2) is 4.98 Å². The van der Waals surface area contributed by atoms with Gasteiger partial charge in [0.05, 0.1) is 11.2 Å². The van der Waals surface area contributed by atoms with Gasteiger partial charge < -0.3 is 5.32 Å². The maximum Gasteiger partial charge on any atom is 0.108 e. The third-order valence-corrected chi connectivity index (χ3v) is 2.83. The first-order valence-electron chi connectivity index (χ1n) is 3.68. The Kier molecular flexibility index (Phi) is 2.18. The Bertz CT molecular complexity index is 234. The van der Waals surface area contributed by atoms with E-state index < -0.39 is 0 Å². The Morgan fingerprint density at radius 2 is 2.09 bits per heavy atom. The summed E-state index contributed by atoms with van der Waals surface area (Å²) < 4.78 is 0. The van der Waals surface area contributed by atoms with Crippen LogP contribution in [-0.2, 0) is 5.41 Å². The monoisotopic (exact) mass is 170 g/mol. The zero-order valence-corrected chi connectivity index (χ0v) is 8.25. The molecule has 1 N–H and O–H groups in total. The lowest BCUT2D eigenvalue weighted by molar-refractivity contribution is 0.585. The summed E-state index contributed by atoms with van der Waals surface area (Å²) in [6, 6.07) is 0. The minimum atomic E-state index is 0.180. The first kappa shape index (κ1) is 8.53. The molecule has 0 spiro atoms. The fourth-order valence-corrected chi connectivity index (χ4v) is 1.56. The second-order valence-electron chi connectivity index (χ2n) is 3.53. The predicted molar refractivity (Wildman–Crippen MR) is 50.4 cm³/mol. The minimum absolute atomic E-state index is 0.180. The highest BCUT2D eigenvalue weighted by Crippen LogP contribution is 2.28. The first-order chi connectivity index (χ1) is 5.04. The van der Waals surface area contributed by atoms with Crippen LogP contribution >= 0.6 is 11.3 Å². The van der Waals surface area contributed by atoms with Crippen LogP contribution in [0.5, 0.6) is 0 Å². The highest BCUT2D eigenvalue weighted by Gasteiger charge is 2.17. The molecule has 0 aliphatic rings. The third-order valence-electron chi connectivity index (χ3n) is 1.39. The summed E-state index contributed by atoms with van der Waals surface area (Å²) in [5.74, 6) is 0. The van der Waals surface area contributed by atoms with Crippen LogP contribution < -0.4 is 5.32 Å². The molecule has 1 heterocycles. The van der Waals surface area contributed by atoms with Crippen molar-refractivity contribution in [2.45, 2.75) is 26.2 Å². The van der Waals surface area contributed by atoms with Crippen molar-refractivity contribution in [1.29, 1.82) is 0 Å². The smallest absolute Gasteiger partial charge is 0.108 e. The van der Waals surface area contributed by atoms with Crippen molar-refractivity contribution in [3.63, 3.8) is 0 Å². The number of hydrogen-bond acceptors (Lipinski definition) is 3. The number of nitrogens with one attached hydrogen (secondary N) is 1. The SMILES string of the molecule is CNc1cnc(C(C)(C)C)s1. The van der Waals surface area contributed by atoms with Gasteiger partial charge in [0, 0.05) is 12.5 Å². The number of aromatic nitrogens is 1. The van der Waals surface area contributed by atoms with Gasteiger partial charge in [-0.15, -0.1) is 11.3 Å². The van der Waals surface area contributed by atoms with Crippen LogP contribution in [0.3, 0.4) is 0 Å². The van der Waals surface area contributed by atoms with Gasteiger partial charge in [-0.2, -0.15) is 0 Å². The predicted octanol–water partition coefficient (Wildman–Crippen LogP) is 2.48. The molecule has 0 saturated heterocycles. The van der Waals surface area contributed by atoms with E-state index in [1.807, 2.05) is 13.2 Å². The Labute approximate surface area is 71.7 Å². The molecular weight excluding hydrogens is 156 g/mol. The average Bonchev–Trinajstić information content (AvgIpc) is 2.32. The van der Waals surface area contributed by atoms with Crippen LogP contribution in [0.25, 0.3) is 0 Å². The summed E-state index contributed by atoms with van der Waals surface area (Å²) in [5, 5.41) is 5.39. The summed E-state index contributed by atoms with van der Waals surface area (Å²) >= 11 is 1.72. The summed E-state index contributed by atoms with van der Waals surface area (Å²) in [4.78, 5) is 4.31. The Balaban J connectivity index is 2.89. The Morgan fingerprint density at radius 3 is 2.36 bits per heavy atom. The molecule has 3 heteroatoms. The fourth-order valence-electron chi connectivity index (χ4n) is 0.736. The van der Waals surface area contributed by atoms with E-state index in [9.17, 15) is 0 Å². The normalized spacial score (nSPS) is 11.6. The summed E-state index contributed by atoms with van der Waals surface area (Å²) in [5.41, 5.74) is 0.180. The largest absolute Gasteiger partial charge is 0.379 e. The molecule has 0 unspecified atom stereocenters. The van der Waals surface area contributed by atoms with Crippen LogP contribution in [0.15, 0.2) is 6.20 Å². The van der Waals surface area contributed by atoms with Gasteiger partial charge in [0.15, 0.2) is 0 Å². The third kappa shape index (κ3) is 1.93. The van der Waals surface area contributed by atoms with Crippen LogP contribution in [0.1, 0.15) is 25.8 Å². The van der Waals surface area contributed by atoms with Crippen molar-refractivity contribution in [1.82, 2.24) is 4.98 Å². The molecule has 11 heavy (non-hydrogen) atoms. The van der Waals surface area contributed by atoms with Crippen molar-refractivity contribution in [3.05, 3.63) is 11.2 Å². The van der Waals surface area contributed by atoms with Gasteiger partial charge in [-0.1, -0.05) is 20.8 Å². The summed E-state index contributed by atoms with van der Waals surface area (Å²) in [6.45, 7) is 6.52. The highest BCUT2D eigenvalue weighted by atomic mass is 32.1.